The van der Waals surface area contributed by atoms with Crippen molar-refractivity contribution in [1.82, 2.24) is 9.80 Å². The van der Waals surface area contributed by atoms with E-state index < -0.39 is 72.2 Å². The zero-order chi connectivity index (χ0) is 47.2. The van der Waals surface area contributed by atoms with E-state index >= 15 is 0 Å². The van der Waals surface area contributed by atoms with E-state index in [9.17, 15) is 19.2 Å². The molecule has 0 saturated carbocycles. The van der Waals surface area contributed by atoms with Gasteiger partial charge in [-0.05, 0) is 83.8 Å². The molecule has 0 radical (unpaired) electrons. The van der Waals surface area contributed by atoms with Crippen molar-refractivity contribution in [2.45, 2.75) is 104 Å². The van der Waals surface area contributed by atoms with Crippen LogP contribution in [0.25, 0.3) is 10.4 Å². The Kier molecular flexibility index (Phi) is 18.5. The highest BCUT2D eigenvalue weighted by Gasteiger charge is 2.57. The average Bonchev–Trinajstić information content (AvgIpc) is 3.67. The lowest BCUT2D eigenvalue weighted by Gasteiger charge is -2.34. The molecule has 0 unspecified atom stereocenters. The first kappa shape index (κ1) is 51.7. The van der Waals surface area contributed by atoms with Crippen LogP contribution < -0.4 is 21.6 Å². The number of methoxy groups -OCH3 is 2. The van der Waals surface area contributed by atoms with Crippen LogP contribution in [0.4, 0.5) is 9.59 Å². The molecule has 2 aliphatic heterocycles. The van der Waals surface area contributed by atoms with E-state index in [4.69, 9.17) is 30.2 Å². The van der Waals surface area contributed by atoms with Crippen molar-refractivity contribution in [2.75, 3.05) is 27.3 Å². The first-order chi connectivity index (χ1) is 29.6. The van der Waals surface area contributed by atoms with Gasteiger partial charge < -0.3 is 24.7 Å². The molecule has 3 aromatic rings. The molecule has 63 heavy (non-hydrogen) atoms. The van der Waals surface area contributed by atoms with E-state index in [1.54, 1.807) is 60.6 Å². The lowest BCUT2D eigenvalue weighted by atomic mass is 9.76. The summed E-state index contributed by atoms with van der Waals surface area (Å²) in [4.78, 5) is 54.8. The van der Waals surface area contributed by atoms with Gasteiger partial charge in [0, 0.05) is 34.9 Å². The summed E-state index contributed by atoms with van der Waals surface area (Å²) in [6.07, 6.45) is 3.03. The van der Waals surface area contributed by atoms with E-state index in [2.05, 4.69) is 114 Å². The van der Waals surface area contributed by atoms with Gasteiger partial charge in [0.2, 0.25) is 0 Å². The predicted octanol–water partition coefficient (Wildman–Crippen LogP) is 8.17. The maximum Gasteiger partial charge on any atom is 0.411 e. The summed E-state index contributed by atoms with van der Waals surface area (Å²) in [6, 6.07) is 29.7. The van der Waals surface area contributed by atoms with Crippen LogP contribution in [0.2, 0.25) is 0 Å². The van der Waals surface area contributed by atoms with E-state index in [0.717, 1.165) is 0 Å². The van der Waals surface area contributed by atoms with Crippen LogP contribution >= 0.6 is 7.92 Å². The Labute approximate surface area is 374 Å². The molecule has 0 aromatic heterocycles. The maximum absolute atomic E-state index is 12.5. The molecule has 340 valence electrons. The van der Waals surface area contributed by atoms with Gasteiger partial charge in [-0.15, -0.1) is 13.2 Å². The van der Waals surface area contributed by atoms with Crippen LogP contribution in [0.15, 0.2) is 121 Å². The van der Waals surface area contributed by atoms with Gasteiger partial charge in [0.25, 0.3) is 0 Å². The van der Waals surface area contributed by atoms with Crippen LogP contribution in [0.3, 0.4) is 0 Å². The molecule has 6 atom stereocenters. The number of nitrogens with zero attached hydrogens (tertiary/aromatic N) is 5. The van der Waals surface area contributed by atoms with Crippen molar-refractivity contribution in [1.29, 1.82) is 0 Å². The minimum absolute atomic E-state index is 0.0864. The SMILES string of the molecule is C=CC[C@]1(C)[C@@H](N)CN(C(=O)OC(C)(C)C)[C@@H]1C(=O)OC.C=CC[C@]1(C)[C@@H](N=[N+]=[N-])CN(C(=O)OC(C)(C)C)[C@@H]1C(=O)OC.c1ccc(P(c2ccccc2)c2ccccc2)cc1. The topological polar surface area (TPSA) is 186 Å². The number of amides is 2. The van der Waals surface area contributed by atoms with E-state index in [1.165, 1.54) is 39.9 Å². The molecule has 2 fully saturated rings. The number of allylic oxidation sites excluding steroid dienone is 2. The molecular weight excluding hydrogens is 820 g/mol. The number of carbonyl (C=O) groups is 4. The molecule has 2 heterocycles. The number of esters is 2. The third kappa shape index (κ3) is 13.4. The molecule has 0 aliphatic carbocycles. The molecule has 0 bridgehead atoms. The van der Waals surface area contributed by atoms with Gasteiger partial charge in [0.1, 0.15) is 23.3 Å². The minimum atomic E-state index is -0.907. The summed E-state index contributed by atoms with van der Waals surface area (Å²) in [5.41, 5.74) is 12.2. The van der Waals surface area contributed by atoms with Crippen LogP contribution in [-0.4, -0.2) is 96.6 Å². The molecule has 14 nitrogen and oxygen atoms in total. The van der Waals surface area contributed by atoms with Crippen LogP contribution in [0, 0.1) is 10.8 Å². The van der Waals surface area contributed by atoms with Gasteiger partial charge in [0.05, 0.1) is 20.3 Å². The van der Waals surface area contributed by atoms with Crippen LogP contribution in [-0.2, 0) is 28.5 Å². The first-order valence-corrected chi connectivity index (χ1v) is 22.1. The van der Waals surface area contributed by atoms with Crippen molar-refractivity contribution in [3.8, 4) is 0 Å². The lowest BCUT2D eigenvalue weighted by Crippen LogP contribution is -2.50. The van der Waals surface area contributed by atoms with Gasteiger partial charge >= 0.3 is 24.1 Å². The zero-order valence-corrected chi connectivity index (χ0v) is 39.3. The molecule has 2 amide bonds. The van der Waals surface area contributed by atoms with Gasteiger partial charge in [0.15, 0.2) is 0 Å². The van der Waals surface area contributed by atoms with Gasteiger partial charge in [-0.25, -0.2) is 19.2 Å². The van der Waals surface area contributed by atoms with Crippen LogP contribution in [0.5, 0.6) is 0 Å². The molecule has 0 spiro atoms. The number of likely N-dealkylation sites (tertiary alicyclic amines) is 2. The van der Waals surface area contributed by atoms with Gasteiger partial charge in [-0.1, -0.05) is 122 Å². The average molecular weight is 885 g/mol. The Morgan fingerprint density at radius 1 is 0.714 bits per heavy atom. The number of rotatable bonds is 10. The standard InChI is InChI=1S/C18H15P.C15H24N4O4.C15H26N2O4/c1-4-10-16(11-5-1)19(17-12-6-2-7-13-17)18-14-8-3-9-15-18;1-7-8-15(5)10(17-18-16)9-19(11(15)12(20)22-6)13(21)23-14(2,3)4;1-7-8-15(5)10(16)9-17(11(15)12(18)20-6)13(19)21-14(2,3)4/h1-15H;7,10-11H,1,8-9H2,2-6H3;7,10-11H,1,8-9,16H2,2-6H3/t;2*10-,11+,15+/m.00/s1. The zero-order valence-electron chi connectivity index (χ0n) is 38.4. The summed E-state index contributed by atoms with van der Waals surface area (Å²) < 4.78 is 20.4. The van der Waals surface area contributed by atoms with Crippen molar-refractivity contribution in [2.24, 2.45) is 21.7 Å². The van der Waals surface area contributed by atoms with Gasteiger partial charge in [-0.3, -0.25) is 9.80 Å². The van der Waals surface area contributed by atoms with E-state index in [-0.39, 0.29) is 19.1 Å². The Bertz CT molecular complexity index is 1960. The highest BCUT2D eigenvalue weighted by atomic mass is 31.1. The van der Waals surface area contributed by atoms with E-state index in [1.807, 2.05) is 6.92 Å². The summed E-state index contributed by atoms with van der Waals surface area (Å²) in [5, 5.41) is 7.96. The quantitative estimate of drug-likeness (QED) is 0.0399. The molecular formula is C48H65N6O8P. The second kappa shape index (κ2) is 22.6. The highest BCUT2D eigenvalue weighted by molar-refractivity contribution is 7.79. The first-order valence-electron chi connectivity index (χ1n) is 20.7. The second-order valence-electron chi connectivity index (χ2n) is 17.8. The maximum atomic E-state index is 12.5. The van der Waals surface area contributed by atoms with Crippen molar-refractivity contribution in [3.63, 3.8) is 0 Å². The fourth-order valence-electron chi connectivity index (χ4n) is 7.68. The largest absolute Gasteiger partial charge is 0.467 e. The molecule has 5 rings (SSSR count). The Morgan fingerprint density at radius 2 is 1.06 bits per heavy atom. The molecule has 2 saturated heterocycles. The van der Waals surface area contributed by atoms with Crippen molar-refractivity contribution in [3.05, 3.63) is 127 Å². The van der Waals surface area contributed by atoms with Gasteiger partial charge in [-0.2, -0.15) is 0 Å². The smallest absolute Gasteiger partial charge is 0.411 e. The highest BCUT2D eigenvalue weighted by Crippen LogP contribution is 2.44. The summed E-state index contributed by atoms with van der Waals surface area (Å²) in [6.45, 7) is 21.9. The summed E-state index contributed by atoms with van der Waals surface area (Å²) >= 11 is 0. The molecule has 15 heteroatoms. The number of nitrogens with two attached hydrogens (primary N) is 1. The lowest BCUT2D eigenvalue weighted by molar-refractivity contribution is -0.149. The second-order valence-corrected chi connectivity index (χ2v) is 20.0. The molecule has 2 aliphatic rings. The number of carbonyl (C=O) groups excluding carboxylic acids is 4. The Balaban J connectivity index is 0.000000252. The number of benzene rings is 3. The van der Waals surface area contributed by atoms with E-state index in [0.29, 0.717) is 12.8 Å². The Morgan fingerprint density at radius 3 is 1.40 bits per heavy atom. The predicted molar refractivity (Wildman–Crippen MR) is 249 cm³/mol. The molecule has 2 N–H and O–H groups in total. The van der Waals surface area contributed by atoms with Crippen LogP contribution in [0.1, 0.15) is 68.2 Å². The fourth-order valence-corrected chi connectivity index (χ4v) is 9.99. The fraction of sp³-hybridized carbons (Fsp3) is 0.458. The normalized spacial score (nSPS) is 22.8. The third-order valence-electron chi connectivity index (χ3n) is 10.8. The number of ether oxygens (including phenoxy) is 4. The number of azide groups is 1. The third-order valence-corrected chi connectivity index (χ3v) is 13.2. The number of hydrogen-bond acceptors (Lipinski definition) is 10. The Hall–Kier alpha value is -5.68. The number of hydrogen-bond donors (Lipinski definition) is 1. The summed E-state index contributed by atoms with van der Waals surface area (Å²) in [5.74, 6) is -1.06. The van der Waals surface area contributed by atoms with Crippen molar-refractivity contribution < 1.29 is 38.1 Å². The van der Waals surface area contributed by atoms with Crippen molar-refractivity contribution >= 4 is 48.0 Å². The monoisotopic (exact) mass is 884 g/mol. The molecule has 3 aromatic carbocycles. The minimum Gasteiger partial charge on any atom is -0.467 e. The summed E-state index contributed by atoms with van der Waals surface area (Å²) in [7, 11) is 2.11.